The number of hydrogen-bond acceptors (Lipinski definition) is 2. The fraction of sp³-hybridized carbons (Fsp3) is 0. The molecule has 0 saturated heterocycles. The van der Waals surface area contributed by atoms with Gasteiger partial charge in [0.2, 0.25) is 0 Å². The molecular formula is C108H67N5O2. The van der Waals surface area contributed by atoms with Crippen LogP contribution in [0.25, 0.3) is 226 Å². The van der Waals surface area contributed by atoms with Crippen LogP contribution < -0.4 is 0 Å². The predicted octanol–water partition coefficient (Wildman–Crippen LogP) is 29.3. The van der Waals surface area contributed by atoms with Crippen molar-refractivity contribution < 1.29 is 8.83 Å². The van der Waals surface area contributed by atoms with Crippen molar-refractivity contribution >= 4 is 153 Å². The molecule has 0 unspecified atom stereocenters. The maximum atomic E-state index is 6.40. The van der Waals surface area contributed by atoms with E-state index in [1.807, 2.05) is 24.3 Å². The van der Waals surface area contributed by atoms with Gasteiger partial charge in [0.1, 0.15) is 22.3 Å². The summed E-state index contributed by atoms with van der Waals surface area (Å²) in [4.78, 5) is 0. The molecule has 7 heterocycles. The highest BCUT2D eigenvalue weighted by Gasteiger charge is 2.23. The van der Waals surface area contributed by atoms with Gasteiger partial charge in [0.05, 0.1) is 55.2 Å². The number of para-hydroxylation sites is 11. The van der Waals surface area contributed by atoms with E-state index in [9.17, 15) is 0 Å². The average Bonchev–Trinajstić information content (AvgIpc) is 1.59. The number of aromatic nitrogens is 5. The molecule has 0 aliphatic rings. The molecule has 0 bridgehead atoms. The third-order valence-corrected chi connectivity index (χ3v) is 24.0. The van der Waals surface area contributed by atoms with E-state index in [-0.39, 0.29) is 0 Å². The third-order valence-electron chi connectivity index (χ3n) is 24.0. The first kappa shape index (κ1) is 64.4. The van der Waals surface area contributed by atoms with Crippen molar-refractivity contribution in [2.24, 2.45) is 0 Å². The van der Waals surface area contributed by atoms with Gasteiger partial charge >= 0.3 is 0 Å². The van der Waals surface area contributed by atoms with Gasteiger partial charge in [0.25, 0.3) is 0 Å². The van der Waals surface area contributed by atoms with Gasteiger partial charge in [-0.3, -0.25) is 0 Å². The molecule has 0 saturated carbocycles. The predicted molar refractivity (Wildman–Crippen MR) is 481 cm³/mol. The van der Waals surface area contributed by atoms with Gasteiger partial charge in [-0.25, -0.2) is 0 Å². The van der Waals surface area contributed by atoms with Gasteiger partial charge in [-0.15, -0.1) is 0 Å². The van der Waals surface area contributed by atoms with Crippen molar-refractivity contribution in [1.82, 2.24) is 22.8 Å². The zero-order valence-corrected chi connectivity index (χ0v) is 62.2. The van der Waals surface area contributed by atoms with Crippen LogP contribution in [0.4, 0.5) is 0 Å². The van der Waals surface area contributed by atoms with Gasteiger partial charge in [-0.05, 0) is 191 Å². The summed E-state index contributed by atoms with van der Waals surface area (Å²) in [5, 5.41) is 17.0. The van der Waals surface area contributed by atoms with Crippen molar-refractivity contribution in [3.05, 3.63) is 406 Å². The molecule has 115 heavy (non-hydrogen) atoms. The van der Waals surface area contributed by atoms with Crippen LogP contribution in [0, 0.1) is 0 Å². The van der Waals surface area contributed by atoms with Crippen LogP contribution in [0.15, 0.2) is 415 Å². The summed E-state index contributed by atoms with van der Waals surface area (Å²) in [7, 11) is 0. The van der Waals surface area contributed by atoms with E-state index in [2.05, 4.69) is 405 Å². The van der Waals surface area contributed by atoms with Crippen LogP contribution in [0.2, 0.25) is 0 Å². The summed E-state index contributed by atoms with van der Waals surface area (Å²) in [6.45, 7) is 0. The van der Waals surface area contributed by atoms with Gasteiger partial charge in [-0.1, -0.05) is 249 Å². The maximum absolute atomic E-state index is 6.40. The molecule has 25 aromatic rings. The molecule has 0 N–H and O–H groups in total. The molecule has 7 heteroatoms. The minimum atomic E-state index is 0.911. The number of benzene rings is 18. The van der Waals surface area contributed by atoms with Crippen molar-refractivity contribution in [3.63, 3.8) is 0 Å². The zero-order chi connectivity index (χ0) is 75.3. The van der Waals surface area contributed by atoms with Crippen molar-refractivity contribution in [2.45, 2.75) is 0 Å². The Morgan fingerprint density at radius 2 is 0.374 bits per heavy atom. The van der Waals surface area contributed by atoms with Gasteiger partial charge < -0.3 is 31.7 Å². The quantitative estimate of drug-likeness (QED) is 0.145. The molecule has 0 radical (unpaired) electrons. The first-order valence-corrected chi connectivity index (χ1v) is 39.4. The fourth-order valence-corrected chi connectivity index (χ4v) is 18.8. The van der Waals surface area contributed by atoms with Gasteiger partial charge in [0, 0.05) is 115 Å². The Kier molecular flexibility index (Phi) is 14.3. The van der Waals surface area contributed by atoms with Gasteiger partial charge in [-0.2, -0.15) is 0 Å². The Hall–Kier alpha value is -15.4. The zero-order valence-electron chi connectivity index (χ0n) is 62.2. The van der Waals surface area contributed by atoms with E-state index < -0.39 is 0 Å². The molecule has 0 aliphatic heterocycles. The Bertz CT molecular complexity index is 7990. The standard InChI is InChI=1S/C60H36N2O2.C48H31N3/c1-5-19-53-45(11-1)51-35-39(27-33-55(51)61(53)41-29-23-37(24-30-41)43-15-9-17-49-47-13-3-7-21-57(47)63-59(43)49)40-28-34-56-52(36-40)46-12-2-6-20-54(46)62(56)42-31-25-38(26-32-42)44-16-10-18-50-48-14-4-8-22-58(48)64-60(44)50;1-3-13-34(14-4-1)49-43-20-10-7-17-37(43)40-29-32(23-26-46(40)49)33-24-27-47-41(30-33)38-18-8-12-22-45(38)51(47)36-25-28-48-42(31-36)39-19-9-11-21-44(39)50(48)35-15-5-2-6-16-35/h1-36H;1-31H. The second-order valence-electron chi connectivity index (χ2n) is 30.2. The molecule has 0 spiro atoms. The lowest BCUT2D eigenvalue weighted by atomic mass is 10.0. The highest BCUT2D eigenvalue weighted by molar-refractivity contribution is 6.18. The van der Waals surface area contributed by atoms with Crippen molar-refractivity contribution in [2.75, 3.05) is 0 Å². The van der Waals surface area contributed by atoms with E-state index in [0.717, 1.165) is 83.2 Å². The molecular weight excluding hydrogens is 1400 g/mol. The Labute approximate surface area is 659 Å². The summed E-state index contributed by atoms with van der Waals surface area (Å²) >= 11 is 0. The first-order valence-electron chi connectivity index (χ1n) is 39.4. The minimum absolute atomic E-state index is 0.911. The smallest absolute Gasteiger partial charge is 0.143 e. The molecule has 7 nitrogen and oxygen atoms in total. The van der Waals surface area contributed by atoms with Crippen LogP contribution in [-0.4, -0.2) is 22.8 Å². The highest BCUT2D eigenvalue weighted by Crippen LogP contribution is 2.45. The lowest BCUT2D eigenvalue weighted by Gasteiger charge is -2.11. The van der Waals surface area contributed by atoms with Crippen LogP contribution >= 0.6 is 0 Å². The van der Waals surface area contributed by atoms with E-state index in [4.69, 9.17) is 8.83 Å². The molecule has 536 valence electrons. The molecule has 0 atom stereocenters. The molecule has 0 amide bonds. The van der Waals surface area contributed by atoms with Gasteiger partial charge in [0.15, 0.2) is 0 Å². The van der Waals surface area contributed by atoms with Crippen LogP contribution in [0.3, 0.4) is 0 Å². The molecule has 25 rings (SSSR count). The topological polar surface area (TPSA) is 50.9 Å². The summed E-state index contributed by atoms with van der Waals surface area (Å²) in [6, 6.07) is 147. The number of fused-ring (bicyclic) bond motifs is 21. The van der Waals surface area contributed by atoms with Crippen LogP contribution in [-0.2, 0) is 0 Å². The minimum Gasteiger partial charge on any atom is -0.455 e. The number of hydrogen-bond donors (Lipinski definition) is 0. The van der Waals surface area contributed by atoms with Crippen molar-refractivity contribution in [1.29, 1.82) is 0 Å². The van der Waals surface area contributed by atoms with Crippen molar-refractivity contribution in [3.8, 4) is 72.9 Å². The molecule has 0 fully saturated rings. The second-order valence-corrected chi connectivity index (χ2v) is 30.2. The summed E-state index contributed by atoms with van der Waals surface area (Å²) in [6.07, 6.45) is 0. The lowest BCUT2D eigenvalue weighted by molar-refractivity contribution is 0.669. The summed E-state index contributed by atoms with van der Waals surface area (Å²) < 4.78 is 24.7. The van der Waals surface area contributed by atoms with Crippen LogP contribution in [0.5, 0.6) is 0 Å². The lowest BCUT2D eigenvalue weighted by Crippen LogP contribution is -1.95. The Balaban J connectivity index is 0.000000136. The fourth-order valence-electron chi connectivity index (χ4n) is 18.8. The third kappa shape index (κ3) is 10.0. The molecule has 0 aliphatic carbocycles. The maximum Gasteiger partial charge on any atom is 0.143 e. The SMILES string of the molecule is c1ccc(-n2c3ccccc3c3cc(-c4ccc5c(c4)c4ccccc4n5-c4ccc5c(c4)c4ccccc4n5-c4ccccc4)ccc32)cc1.c1ccc2c(c1)oc1c(-c3ccc(-n4c5ccccc5c5cc(-c6ccc7c(c6)c6ccccc6n7-c6ccc(-c7cccc8c7oc7ccccc78)cc6)ccc54)cc3)cccc12. The molecule has 18 aromatic carbocycles. The van der Waals surface area contributed by atoms with E-state index in [0.29, 0.717) is 0 Å². The van der Waals surface area contributed by atoms with E-state index >= 15 is 0 Å². The monoisotopic (exact) mass is 1470 g/mol. The Morgan fingerprint density at radius 1 is 0.139 bits per heavy atom. The number of nitrogens with zero attached hydrogens (tertiary/aromatic N) is 5. The highest BCUT2D eigenvalue weighted by atomic mass is 16.3. The largest absolute Gasteiger partial charge is 0.455 e. The Morgan fingerprint density at radius 3 is 0.713 bits per heavy atom. The average molecular weight is 1470 g/mol. The second kappa shape index (κ2) is 25.6. The molecule has 7 aromatic heterocycles. The van der Waals surface area contributed by atoms with Crippen LogP contribution in [0.1, 0.15) is 0 Å². The number of rotatable bonds is 9. The van der Waals surface area contributed by atoms with E-state index in [1.54, 1.807) is 0 Å². The summed E-state index contributed by atoms with van der Waals surface area (Å²) in [5.74, 6) is 0. The normalized spacial score (nSPS) is 12.0. The first-order chi connectivity index (χ1) is 57.0. The van der Waals surface area contributed by atoms with E-state index in [1.165, 1.54) is 143 Å². The number of furan rings is 2. The summed E-state index contributed by atoms with van der Waals surface area (Å²) in [5.41, 5.74) is 30.6.